The topological polar surface area (TPSA) is 80.6 Å². The molecule has 0 saturated heterocycles. The maximum Gasteiger partial charge on any atom is 0.0887 e. The number of azo groups is 3. The number of anilines is 2. The maximum absolute atomic E-state index is 4.39. The maximum atomic E-state index is 4.39. The number of hydrogen-bond donors (Lipinski definition) is 0. The number of rotatable bonds is 8. The third-order valence-corrected chi connectivity index (χ3v) is 5.92. The van der Waals surface area contributed by atoms with Crippen molar-refractivity contribution in [2.45, 2.75) is 13.8 Å². The molecular formula is C30H32N8. The third kappa shape index (κ3) is 6.94. The van der Waals surface area contributed by atoms with Crippen molar-refractivity contribution in [2.75, 3.05) is 38.0 Å². The van der Waals surface area contributed by atoms with E-state index in [0.717, 1.165) is 56.6 Å². The number of benzene rings is 4. The van der Waals surface area contributed by atoms with E-state index in [4.69, 9.17) is 0 Å². The zero-order valence-corrected chi connectivity index (χ0v) is 22.7. The lowest BCUT2D eigenvalue weighted by Crippen LogP contribution is -2.08. The van der Waals surface area contributed by atoms with Crippen LogP contribution < -0.4 is 9.80 Å². The Kier molecular flexibility index (Phi) is 8.33. The van der Waals surface area contributed by atoms with E-state index in [9.17, 15) is 0 Å². The molecule has 0 unspecified atom stereocenters. The summed E-state index contributed by atoms with van der Waals surface area (Å²) in [6, 6.07) is 27.2. The van der Waals surface area contributed by atoms with Crippen molar-refractivity contribution in [3.05, 3.63) is 96.1 Å². The Morgan fingerprint density at radius 3 is 0.947 bits per heavy atom. The second kappa shape index (κ2) is 12.0. The lowest BCUT2D eigenvalue weighted by Gasteiger charge is -2.13. The molecular weight excluding hydrogens is 472 g/mol. The van der Waals surface area contributed by atoms with Crippen molar-refractivity contribution in [1.82, 2.24) is 0 Å². The first-order chi connectivity index (χ1) is 18.3. The second-order valence-electron chi connectivity index (χ2n) is 9.36. The third-order valence-electron chi connectivity index (χ3n) is 5.92. The molecule has 0 heterocycles. The van der Waals surface area contributed by atoms with Gasteiger partial charge < -0.3 is 9.80 Å². The molecule has 38 heavy (non-hydrogen) atoms. The molecule has 4 aromatic carbocycles. The van der Waals surface area contributed by atoms with Gasteiger partial charge in [0.15, 0.2) is 0 Å². The van der Waals surface area contributed by atoms with E-state index in [1.807, 2.05) is 115 Å². The zero-order valence-electron chi connectivity index (χ0n) is 22.7. The van der Waals surface area contributed by atoms with Gasteiger partial charge in [0.2, 0.25) is 0 Å². The van der Waals surface area contributed by atoms with Crippen molar-refractivity contribution in [3.8, 4) is 0 Å². The summed E-state index contributed by atoms with van der Waals surface area (Å²) in [5, 5.41) is 26.1. The van der Waals surface area contributed by atoms with Gasteiger partial charge in [-0.15, -0.1) is 0 Å². The van der Waals surface area contributed by atoms with Gasteiger partial charge in [0, 0.05) is 39.6 Å². The Hall–Kier alpha value is -4.72. The molecule has 8 heteroatoms. The molecule has 0 aromatic heterocycles. The van der Waals surface area contributed by atoms with Crippen LogP contribution in [0.25, 0.3) is 0 Å². The molecule has 0 bridgehead atoms. The molecule has 4 aromatic rings. The molecule has 0 spiro atoms. The van der Waals surface area contributed by atoms with E-state index in [1.54, 1.807) is 0 Å². The van der Waals surface area contributed by atoms with Gasteiger partial charge in [-0.3, -0.25) is 0 Å². The summed E-state index contributed by atoms with van der Waals surface area (Å²) in [4.78, 5) is 4.13. The highest BCUT2D eigenvalue weighted by Crippen LogP contribution is 2.29. The van der Waals surface area contributed by atoms with E-state index in [-0.39, 0.29) is 0 Å². The minimum Gasteiger partial charge on any atom is -0.378 e. The molecule has 0 fully saturated rings. The van der Waals surface area contributed by atoms with Crippen molar-refractivity contribution >= 4 is 45.5 Å². The van der Waals surface area contributed by atoms with Gasteiger partial charge in [0.25, 0.3) is 0 Å². The Bertz CT molecular complexity index is 1350. The molecule has 192 valence electrons. The van der Waals surface area contributed by atoms with Crippen LogP contribution >= 0.6 is 0 Å². The Morgan fingerprint density at radius 2 is 0.684 bits per heavy atom. The standard InChI is InChI=1S/C30H32N8/c1-21-19-27(37(3)4)15-17-29(21)35-33-25-11-7-23(8-12-25)31-32-24-9-13-26(14-10-24)34-36-30-18-16-28(38(5)6)20-22(30)2/h7-20H,1-6H3. The zero-order chi connectivity index (χ0) is 27.1. The molecule has 0 aliphatic rings. The molecule has 0 amide bonds. The summed E-state index contributed by atoms with van der Waals surface area (Å²) in [7, 11) is 8.07. The second-order valence-corrected chi connectivity index (χ2v) is 9.36. The summed E-state index contributed by atoms with van der Waals surface area (Å²) in [5.41, 5.74) is 9.08. The predicted molar refractivity (Wildman–Crippen MR) is 156 cm³/mol. The SMILES string of the molecule is Cc1cc(N(C)C)ccc1N=Nc1ccc(N=Nc2ccc(N=Nc3ccc(N(C)C)cc3C)cc2)cc1. The largest absolute Gasteiger partial charge is 0.378 e. The van der Waals surface area contributed by atoms with Gasteiger partial charge in [-0.2, -0.15) is 30.7 Å². The van der Waals surface area contributed by atoms with Crippen LogP contribution in [0.3, 0.4) is 0 Å². The highest BCUT2D eigenvalue weighted by atomic mass is 15.1. The van der Waals surface area contributed by atoms with Crippen LogP contribution in [0.1, 0.15) is 11.1 Å². The van der Waals surface area contributed by atoms with Crippen molar-refractivity contribution in [3.63, 3.8) is 0 Å². The predicted octanol–water partition coefficient (Wildman–Crippen LogP) is 9.68. The molecule has 8 nitrogen and oxygen atoms in total. The van der Waals surface area contributed by atoms with E-state index >= 15 is 0 Å². The van der Waals surface area contributed by atoms with Crippen LogP contribution in [0.15, 0.2) is 116 Å². The van der Waals surface area contributed by atoms with E-state index in [2.05, 4.69) is 52.6 Å². The summed E-state index contributed by atoms with van der Waals surface area (Å²) in [6.45, 7) is 4.07. The quantitative estimate of drug-likeness (QED) is 0.224. The molecule has 0 atom stereocenters. The average molecular weight is 505 g/mol. The van der Waals surface area contributed by atoms with Crippen LogP contribution in [0.2, 0.25) is 0 Å². The molecule has 0 saturated carbocycles. The van der Waals surface area contributed by atoms with Crippen LogP contribution in [0.4, 0.5) is 45.5 Å². The lowest BCUT2D eigenvalue weighted by molar-refractivity contribution is 1.12. The van der Waals surface area contributed by atoms with Gasteiger partial charge >= 0.3 is 0 Å². The van der Waals surface area contributed by atoms with Gasteiger partial charge in [-0.25, -0.2) is 0 Å². The van der Waals surface area contributed by atoms with Crippen LogP contribution in [0.5, 0.6) is 0 Å². The van der Waals surface area contributed by atoms with Gasteiger partial charge in [-0.05, 0) is 110 Å². The number of nitrogens with zero attached hydrogens (tertiary/aromatic N) is 8. The van der Waals surface area contributed by atoms with E-state index < -0.39 is 0 Å². The first-order valence-corrected chi connectivity index (χ1v) is 12.3. The smallest absolute Gasteiger partial charge is 0.0887 e. The minimum atomic E-state index is 0.732. The fourth-order valence-corrected chi connectivity index (χ4v) is 3.57. The fraction of sp³-hybridized carbons (Fsp3) is 0.200. The van der Waals surface area contributed by atoms with Crippen LogP contribution in [0, 0.1) is 13.8 Å². The van der Waals surface area contributed by atoms with Gasteiger partial charge in [-0.1, -0.05) is 0 Å². The summed E-state index contributed by atoms with van der Waals surface area (Å²) in [5.74, 6) is 0. The highest BCUT2D eigenvalue weighted by Gasteiger charge is 2.02. The number of hydrogen-bond acceptors (Lipinski definition) is 8. The monoisotopic (exact) mass is 504 g/mol. The van der Waals surface area contributed by atoms with Gasteiger partial charge in [0.05, 0.1) is 34.1 Å². The minimum absolute atomic E-state index is 0.732. The summed E-state index contributed by atoms with van der Waals surface area (Å²) < 4.78 is 0. The van der Waals surface area contributed by atoms with Crippen LogP contribution in [-0.4, -0.2) is 28.2 Å². The molecule has 0 N–H and O–H groups in total. The van der Waals surface area contributed by atoms with Crippen molar-refractivity contribution in [1.29, 1.82) is 0 Å². The Morgan fingerprint density at radius 1 is 0.395 bits per heavy atom. The molecule has 0 aliphatic heterocycles. The van der Waals surface area contributed by atoms with Crippen molar-refractivity contribution in [2.24, 2.45) is 30.7 Å². The molecule has 0 aliphatic carbocycles. The van der Waals surface area contributed by atoms with E-state index in [0.29, 0.717) is 0 Å². The summed E-state index contributed by atoms with van der Waals surface area (Å²) >= 11 is 0. The normalized spacial score (nSPS) is 11.6. The molecule has 0 radical (unpaired) electrons. The Labute approximate surface area is 224 Å². The molecule has 4 rings (SSSR count). The van der Waals surface area contributed by atoms with Gasteiger partial charge in [0.1, 0.15) is 0 Å². The highest BCUT2D eigenvalue weighted by molar-refractivity contribution is 5.58. The Balaban J connectivity index is 1.36. The lowest BCUT2D eigenvalue weighted by atomic mass is 10.2. The first kappa shape index (κ1) is 26.3. The first-order valence-electron chi connectivity index (χ1n) is 12.3. The van der Waals surface area contributed by atoms with E-state index in [1.165, 1.54) is 0 Å². The summed E-state index contributed by atoms with van der Waals surface area (Å²) in [6.07, 6.45) is 0. The fourth-order valence-electron chi connectivity index (χ4n) is 3.57. The average Bonchev–Trinajstić information content (AvgIpc) is 2.91. The van der Waals surface area contributed by atoms with Crippen LogP contribution in [-0.2, 0) is 0 Å². The number of aryl methyl sites for hydroxylation is 2. The van der Waals surface area contributed by atoms with Crippen molar-refractivity contribution < 1.29 is 0 Å².